The molecule has 3 N–H and O–H groups in total. The number of carbonyl (C=O) groups is 2. The van der Waals surface area contributed by atoms with Crippen LogP contribution in [-0.4, -0.2) is 38.7 Å². The minimum Gasteiger partial charge on any atom is -0.478 e. The number of hydrogen-bond acceptors (Lipinski definition) is 5. The van der Waals surface area contributed by atoms with Gasteiger partial charge in [0.05, 0.1) is 4.88 Å². The van der Waals surface area contributed by atoms with Gasteiger partial charge in [0.15, 0.2) is 0 Å². The largest absolute Gasteiger partial charge is 0.478 e. The van der Waals surface area contributed by atoms with Crippen LogP contribution in [0.4, 0.5) is 0 Å². The molecule has 0 aliphatic heterocycles. The second-order valence-electron chi connectivity index (χ2n) is 4.27. The van der Waals surface area contributed by atoms with Gasteiger partial charge in [0.25, 0.3) is 5.91 Å². The second-order valence-corrected chi connectivity index (χ2v) is 5.35. The molecule has 110 valence electrons. The van der Waals surface area contributed by atoms with E-state index in [2.05, 4.69) is 20.5 Å². The fraction of sp³-hybridized carbons (Fsp3) is 0.231. The first-order valence-corrected chi connectivity index (χ1v) is 7.02. The van der Waals surface area contributed by atoms with Crippen molar-refractivity contribution in [1.82, 2.24) is 20.5 Å². The van der Waals surface area contributed by atoms with Crippen molar-refractivity contribution in [1.29, 1.82) is 0 Å². The number of hydrogen-bond donors (Lipinski definition) is 3. The number of carboxylic acids is 1. The van der Waals surface area contributed by atoms with Crippen LogP contribution in [0, 0.1) is 6.92 Å². The predicted octanol–water partition coefficient (Wildman–Crippen LogP) is 1.24. The number of aryl methyl sites for hydroxylation is 1. The highest BCUT2D eigenvalue weighted by Gasteiger charge is 2.11. The lowest BCUT2D eigenvalue weighted by atomic mass is 10.2. The molecular weight excluding hydrogens is 292 g/mol. The molecule has 2 rings (SSSR count). The number of amides is 1. The Bertz CT molecular complexity index is 661. The second kappa shape index (κ2) is 6.80. The molecule has 0 saturated heterocycles. The predicted molar refractivity (Wildman–Crippen MR) is 78.1 cm³/mol. The molecule has 0 spiro atoms. The van der Waals surface area contributed by atoms with Crippen LogP contribution in [0.5, 0.6) is 0 Å². The summed E-state index contributed by atoms with van der Waals surface area (Å²) in [5.41, 5.74) is 0.873. The van der Waals surface area contributed by atoms with E-state index in [0.717, 1.165) is 16.5 Å². The molecule has 7 nitrogen and oxygen atoms in total. The Hall–Kier alpha value is -2.48. The summed E-state index contributed by atoms with van der Waals surface area (Å²) in [4.78, 5) is 27.8. The van der Waals surface area contributed by atoms with E-state index in [1.165, 1.54) is 23.7 Å². The highest BCUT2D eigenvalue weighted by Crippen LogP contribution is 2.23. The fourth-order valence-electron chi connectivity index (χ4n) is 1.65. The summed E-state index contributed by atoms with van der Waals surface area (Å²) in [7, 11) is 0. The van der Waals surface area contributed by atoms with Gasteiger partial charge < -0.3 is 10.4 Å². The summed E-state index contributed by atoms with van der Waals surface area (Å²) in [6.45, 7) is 2.29. The van der Waals surface area contributed by atoms with Gasteiger partial charge in [0.1, 0.15) is 12.2 Å². The fourth-order valence-corrected chi connectivity index (χ4v) is 2.65. The van der Waals surface area contributed by atoms with Crippen molar-refractivity contribution < 1.29 is 14.7 Å². The third kappa shape index (κ3) is 4.25. The van der Waals surface area contributed by atoms with Crippen molar-refractivity contribution >= 4 is 29.3 Å². The van der Waals surface area contributed by atoms with E-state index >= 15 is 0 Å². The maximum absolute atomic E-state index is 12.0. The smallest absolute Gasteiger partial charge is 0.328 e. The first kappa shape index (κ1) is 14.9. The number of nitrogens with one attached hydrogen (secondary N) is 2. The number of aromatic amines is 1. The molecule has 0 saturated carbocycles. The maximum Gasteiger partial charge on any atom is 0.328 e. The average Bonchev–Trinajstić information content (AvgIpc) is 3.06. The van der Waals surface area contributed by atoms with E-state index in [1.54, 1.807) is 6.07 Å². The number of carboxylic acid groups (broad SMARTS) is 1. The van der Waals surface area contributed by atoms with Crippen molar-refractivity contribution in [3.63, 3.8) is 0 Å². The zero-order chi connectivity index (χ0) is 15.2. The Morgan fingerprint density at radius 2 is 2.33 bits per heavy atom. The van der Waals surface area contributed by atoms with E-state index in [-0.39, 0.29) is 5.91 Å². The van der Waals surface area contributed by atoms with Crippen LogP contribution in [0.25, 0.3) is 6.08 Å². The number of nitrogens with zero attached hydrogens (tertiary/aromatic N) is 2. The van der Waals surface area contributed by atoms with Crippen LogP contribution in [0.2, 0.25) is 0 Å². The number of rotatable bonds is 6. The molecular formula is C13H14N4O3S. The molecule has 2 heterocycles. The van der Waals surface area contributed by atoms with Gasteiger partial charge in [0, 0.05) is 23.9 Å². The van der Waals surface area contributed by atoms with Crippen molar-refractivity contribution in [3.05, 3.63) is 39.6 Å². The lowest BCUT2D eigenvalue weighted by Crippen LogP contribution is -2.25. The molecule has 2 aromatic heterocycles. The Kier molecular flexibility index (Phi) is 4.83. The molecule has 1 amide bonds. The molecule has 0 radical (unpaired) electrons. The monoisotopic (exact) mass is 306 g/mol. The van der Waals surface area contributed by atoms with Crippen LogP contribution < -0.4 is 5.32 Å². The number of aromatic nitrogens is 3. The molecule has 0 unspecified atom stereocenters. The van der Waals surface area contributed by atoms with Gasteiger partial charge in [-0.1, -0.05) is 0 Å². The maximum atomic E-state index is 12.0. The van der Waals surface area contributed by atoms with E-state index in [0.29, 0.717) is 23.7 Å². The van der Waals surface area contributed by atoms with E-state index in [9.17, 15) is 9.59 Å². The SMILES string of the molecule is Cc1cc(C(=O)NCCc2ncn[nH]2)sc1/C=C/C(=O)O. The Labute approximate surface area is 124 Å². The summed E-state index contributed by atoms with van der Waals surface area (Å²) < 4.78 is 0. The zero-order valence-electron chi connectivity index (χ0n) is 11.3. The third-order valence-corrected chi connectivity index (χ3v) is 3.87. The van der Waals surface area contributed by atoms with E-state index in [1.807, 2.05) is 6.92 Å². The van der Waals surface area contributed by atoms with E-state index in [4.69, 9.17) is 5.11 Å². The van der Waals surface area contributed by atoms with Gasteiger partial charge in [-0.3, -0.25) is 9.89 Å². The Morgan fingerprint density at radius 3 is 3.00 bits per heavy atom. The number of thiophene rings is 1. The molecule has 0 aliphatic rings. The number of carbonyl (C=O) groups excluding carboxylic acids is 1. The normalized spacial score (nSPS) is 10.9. The summed E-state index contributed by atoms with van der Waals surface area (Å²) in [5, 5.41) is 17.8. The minimum atomic E-state index is -1.01. The number of aliphatic carboxylic acids is 1. The molecule has 0 aromatic carbocycles. The molecule has 0 aliphatic carbocycles. The van der Waals surface area contributed by atoms with Crippen molar-refractivity contribution in [2.24, 2.45) is 0 Å². The van der Waals surface area contributed by atoms with Gasteiger partial charge in [-0.2, -0.15) is 5.10 Å². The number of H-pyrrole nitrogens is 1. The average molecular weight is 306 g/mol. The van der Waals surface area contributed by atoms with Gasteiger partial charge in [-0.05, 0) is 24.6 Å². The van der Waals surface area contributed by atoms with Crippen LogP contribution >= 0.6 is 11.3 Å². The Balaban J connectivity index is 1.93. The van der Waals surface area contributed by atoms with Gasteiger partial charge in [-0.25, -0.2) is 9.78 Å². The van der Waals surface area contributed by atoms with Gasteiger partial charge in [-0.15, -0.1) is 11.3 Å². The first-order valence-electron chi connectivity index (χ1n) is 6.20. The van der Waals surface area contributed by atoms with Gasteiger partial charge >= 0.3 is 5.97 Å². The highest BCUT2D eigenvalue weighted by molar-refractivity contribution is 7.15. The molecule has 0 bridgehead atoms. The van der Waals surface area contributed by atoms with Crippen molar-refractivity contribution in [2.45, 2.75) is 13.3 Å². The summed E-state index contributed by atoms with van der Waals surface area (Å²) in [6, 6.07) is 1.75. The third-order valence-electron chi connectivity index (χ3n) is 2.67. The van der Waals surface area contributed by atoms with E-state index < -0.39 is 5.97 Å². The lowest BCUT2D eigenvalue weighted by Gasteiger charge is -2.00. The van der Waals surface area contributed by atoms with Crippen molar-refractivity contribution in [3.8, 4) is 0 Å². The van der Waals surface area contributed by atoms with Crippen LogP contribution in [-0.2, 0) is 11.2 Å². The first-order chi connectivity index (χ1) is 10.1. The topological polar surface area (TPSA) is 108 Å². The van der Waals surface area contributed by atoms with Crippen molar-refractivity contribution in [2.75, 3.05) is 6.54 Å². The standard InChI is InChI=1S/C13H14N4O3S/c1-8-6-10(21-9(8)2-3-12(18)19)13(20)14-5-4-11-15-7-16-17-11/h2-3,6-7H,4-5H2,1H3,(H,14,20)(H,18,19)(H,15,16,17)/b3-2+. The summed E-state index contributed by atoms with van der Waals surface area (Å²) >= 11 is 1.26. The van der Waals surface area contributed by atoms with Crippen LogP contribution in [0.15, 0.2) is 18.5 Å². The minimum absolute atomic E-state index is 0.183. The zero-order valence-corrected chi connectivity index (χ0v) is 12.1. The highest BCUT2D eigenvalue weighted by atomic mass is 32.1. The van der Waals surface area contributed by atoms with Crippen LogP contribution in [0.3, 0.4) is 0 Å². The lowest BCUT2D eigenvalue weighted by molar-refractivity contribution is -0.131. The molecule has 8 heteroatoms. The van der Waals surface area contributed by atoms with Crippen LogP contribution in [0.1, 0.15) is 25.9 Å². The molecule has 0 fully saturated rings. The summed E-state index contributed by atoms with van der Waals surface area (Å²) in [6.07, 6.45) is 4.54. The quantitative estimate of drug-likeness (QED) is 0.696. The molecule has 2 aromatic rings. The van der Waals surface area contributed by atoms with Gasteiger partial charge in [0.2, 0.25) is 0 Å². The summed E-state index contributed by atoms with van der Waals surface area (Å²) in [5.74, 6) is -0.485. The Morgan fingerprint density at radius 1 is 1.52 bits per heavy atom. The molecule has 21 heavy (non-hydrogen) atoms. The molecule has 0 atom stereocenters.